The first kappa shape index (κ1) is 17.0. The van der Waals surface area contributed by atoms with Crippen LogP contribution < -0.4 is 5.43 Å². The zero-order chi connectivity index (χ0) is 14.8. The van der Waals surface area contributed by atoms with Gasteiger partial charge in [-0.05, 0) is 12.5 Å². The lowest BCUT2D eigenvalue weighted by Crippen LogP contribution is -2.16. The first-order valence-electron chi connectivity index (χ1n) is 6.91. The molecule has 0 heterocycles. The number of hydrazone groups is 1. The van der Waals surface area contributed by atoms with Crippen LogP contribution in [0.5, 0.6) is 0 Å². The van der Waals surface area contributed by atoms with E-state index >= 15 is 0 Å². The highest BCUT2D eigenvalue weighted by Gasteiger charge is 2.02. The number of nitrogens with one attached hydrogen (secondary N) is 1. The van der Waals surface area contributed by atoms with Crippen LogP contribution in [0.2, 0.25) is 10.0 Å². The van der Waals surface area contributed by atoms with E-state index in [1.54, 1.807) is 18.2 Å². The van der Waals surface area contributed by atoms with Gasteiger partial charge in [-0.1, -0.05) is 67.9 Å². The molecule has 0 aromatic heterocycles. The topological polar surface area (TPSA) is 41.5 Å². The smallest absolute Gasteiger partial charge is 0.240 e. The summed E-state index contributed by atoms with van der Waals surface area (Å²) in [5.41, 5.74) is 3.18. The fourth-order valence-corrected chi connectivity index (χ4v) is 2.10. The molecule has 0 saturated heterocycles. The van der Waals surface area contributed by atoms with Crippen LogP contribution in [0.4, 0.5) is 0 Å². The minimum Gasteiger partial charge on any atom is -0.273 e. The number of carbonyl (C=O) groups excluding carboxylic acids is 1. The second-order valence-electron chi connectivity index (χ2n) is 4.60. The Balaban J connectivity index is 2.30. The van der Waals surface area contributed by atoms with Crippen molar-refractivity contribution in [3.63, 3.8) is 0 Å². The zero-order valence-electron chi connectivity index (χ0n) is 11.7. The van der Waals surface area contributed by atoms with Gasteiger partial charge in [0.2, 0.25) is 5.91 Å². The van der Waals surface area contributed by atoms with Crippen LogP contribution >= 0.6 is 23.2 Å². The fraction of sp³-hybridized carbons (Fsp3) is 0.467. The Morgan fingerprint density at radius 3 is 2.75 bits per heavy atom. The quantitative estimate of drug-likeness (QED) is 0.418. The van der Waals surface area contributed by atoms with Crippen molar-refractivity contribution in [2.24, 2.45) is 5.10 Å². The lowest BCUT2D eigenvalue weighted by molar-refractivity contribution is -0.121. The van der Waals surface area contributed by atoms with Gasteiger partial charge in [-0.15, -0.1) is 0 Å². The van der Waals surface area contributed by atoms with Crippen LogP contribution in [-0.2, 0) is 4.79 Å². The second kappa shape index (κ2) is 9.78. The molecule has 1 N–H and O–H groups in total. The van der Waals surface area contributed by atoms with Crippen LogP contribution in [0.1, 0.15) is 51.0 Å². The van der Waals surface area contributed by atoms with Gasteiger partial charge in [0.25, 0.3) is 0 Å². The van der Waals surface area contributed by atoms with E-state index in [9.17, 15) is 4.79 Å². The van der Waals surface area contributed by atoms with Crippen molar-refractivity contribution < 1.29 is 4.79 Å². The molecule has 5 heteroatoms. The molecule has 0 atom stereocenters. The van der Waals surface area contributed by atoms with Crippen LogP contribution in [0.15, 0.2) is 23.3 Å². The Morgan fingerprint density at radius 1 is 1.25 bits per heavy atom. The Labute approximate surface area is 130 Å². The molecule has 20 heavy (non-hydrogen) atoms. The number of nitrogens with zero attached hydrogens (tertiary/aromatic N) is 1. The molecule has 0 radical (unpaired) electrons. The summed E-state index contributed by atoms with van der Waals surface area (Å²) >= 11 is 11.9. The molecule has 0 bridgehead atoms. The van der Waals surface area contributed by atoms with Crippen LogP contribution in [0.25, 0.3) is 0 Å². The molecule has 1 amide bonds. The van der Waals surface area contributed by atoms with Crippen molar-refractivity contribution in [2.45, 2.75) is 45.4 Å². The van der Waals surface area contributed by atoms with Crippen molar-refractivity contribution in [2.75, 3.05) is 0 Å². The van der Waals surface area contributed by atoms with E-state index in [0.717, 1.165) is 12.8 Å². The number of halogens is 2. The Hall–Kier alpha value is -1.06. The lowest BCUT2D eigenvalue weighted by Gasteiger charge is -2.01. The van der Waals surface area contributed by atoms with E-state index in [-0.39, 0.29) is 5.91 Å². The van der Waals surface area contributed by atoms with Gasteiger partial charge in [0.05, 0.1) is 16.3 Å². The highest BCUT2D eigenvalue weighted by Crippen LogP contribution is 2.24. The number of rotatable bonds is 8. The summed E-state index contributed by atoms with van der Waals surface area (Å²) < 4.78 is 0. The molecule has 1 aromatic carbocycles. The fourth-order valence-electron chi connectivity index (χ4n) is 1.74. The first-order valence-corrected chi connectivity index (χ1v) is 7.66. The zero-order valence-corrected chi connectivity index (χ0v) is 13.2. The highest BCUT2D eigenvalue weighted by molar-refractivity contribution is 6.43. The Bertz CT molecular complexity index is 461. The maximum atomic E-state index is 11.5. The van der Waals surface area contributed by atoms with Gasteiger partial charge in [0.1, 0.15) is 0 Å². The Morgan fingerprint density at radius 2 is 2.00 bits per heavy atom. The van der Waals surface area contributed by atoms with Crippen molar-refractivity contribution in [3.05, 3.63) is 33.8 Å². The molecule has 0 fully saturated rings. The van der Waals surface area contributed by atoms with Crippen LogP contribution in [0.3, 0.4) is 0 Å². The first-order chi connectivity index (χ1) is 9.65. The van der Waals surface area contributed by atoms with Crippen molar-refractivity contribution in [3.8, 4) is 0 Å². The van der Waals surface area contributed by atoms with Gasteiger partial charge in [-0.2, -0.15) is 5.10 Å². The number of unbranched alkanes of at least 4 members (excludes halogenated alkanes) is 4. The number of hydrogen-bond acceptors (Lipinski definition) is 2. The molecule has 0 aliphatic heterocycles. The summed E-state index contributed by atoms with van der Waals surface area (Å²) in [6, 6.07) is 5.27. The summed E-state index contributed by atoms with van der Waals surface area (Å²) in [5.74, 6) is -0.0732. The number of hydrogen-bond donors (Lipinski definition) is 1. The van der Waals surface area contributed by atoms with Crippen molar-refractivity contribution in [1.82, 2.24) is 5.43 Å². The minimum absolute atomic E-state index is 0.0732. The molecular formula is C15H20Cl2N2O. The van der Waals surface area contributed by atoms with E-state index < -0.39 is 0 Å². The average Bonchev–Trinajstić information content (AvgIpc) is 2.43. The third-order valence-corrected chi connectivity index (χ3v) is 3.72. The summed E-state index contributed by atoms with van der Waals surface area (Å²) in [4.78, 5) is 11.5. The summed E-state index contributed by atoms with van der Waals surface area (Å²) in [5, 5.41) is 4.80. The number of benzene rings is 1. The van der Waals surface area contributed by atoms with Gasteiger partial charge in [-0.3, -0.25) is 4.79 Å². The summed E-state index contributed by atoms with van der Waals surface area (Å²) in [6.45, 7) is 2.17. The summed E-state index contributed by atoms with van der Waals surface area (Å²) in [6.07, 6.45) is 7.62. The van der Waals surface area contributed by atoms with Gasteiger partial charge in [0, 0.05) is 12.0 Å². The average molecular weight is 315 g/mol. The highest BCUT2D eigenvalue weighted by atomic mass is 35.5. The Kier molecular flexibility index (Phi) is 8.31. The second-order valence-corrected chi connectivity index (χ2v) is 5.39. The predicted octanol–water partition coefficient (Wildman–Crippen LogP) is 4.80. The van der Waals surface area contributed by atoms with Gasteiger partial charge in [0.15, 0.2) is 0 Å². The van der Waals surface area contributed by atoms with Gasteiger partial charge in [-0.25, -0.2) is 5.43 Å². The molecule has 0 aliphatic rings. The molecule has 0 aliphatic carbocycles. The van der Waals surface area contributed by atoms with Crippen molar-refractivity contribution in [1.29, 1.82) is 0 Å². The van der Waals surface area contributed by atoms with E-state index in [1.807, 2.05) is 0 Å². The molecule has 110 valence electrons. The summed E-state index contributed by atoms with van der Waals surface area (Å²) in [7, 11) is 0. The number of carbonyl (C=O) groups is 1. The normalized spacial score (nSPS) is 10.9. The molecule has 1 rings (SSSR count). The van der Waals surface area contributed by atoms with Crippen LogP contribution in [-0.4, -0.2) is 12.1 Å². The number of amides is 1. The predicted molar refractivity (Wildman–Crippen MR) is 85.6 cm³/mol. The minimum atomic E-state index is -0.0732. The molecule has 1 aromatic rings. The maximum absolute atomic E-state index is 11.5. The maximum Gasteiger partial charge on any atom is 0.240 e. The molecule has 0 unspecified atom stereocenters. The van der Waals surface area contributed by atoms with E-state index in [4.69, 9.17) is 23.2 Å². The SMILES string of the molecule is CCCCCCCC(=O)N/N=C/c1cccc(Cl)c1Cl. The van der Waals surface area contributed by atoms with E-state index in [1.165, 1.54) is 25.5 Å². The van der Waals surface area contributed by atoms with Crippen LogP contribution in [0, 0.1) is 0 Å². The van der Waals surface area contributed by atoms with Gasteiger partial charge >= 0.3 is 0 Å². The standard InChI is InChI=1S/C15H20Cl2N2O/c1-2-3-4-5-6-10-14(20)19-18-11-12-8-7-9-13(16)15(12)17/h7-9,11H,2-6,10H2,1H3,(H,19,20)/b18-11+. The third kappa shape index (κ3) is 6.40. The molecule has 0 spiro atoms. The monoisotopic (exact) mass is 314 g/mol. The molecule has 3 nitrogen and oxygen atoms in total. The van der Waals surface area contributed by atoms with Crippen molar-refractivity contribution >= 4 is 35.3 Å². The van der Waals surface area contributed by atoms with E-state index in [2.05, 4.69) is 17.5 Å². The molecular weight excluding hydrogens is 295 g/mol. The lowest BCUT2D eigenvalue weighted by atomic mass is 10.1. The third-order valence-electron chi connectivity index (χ3n) is 2.88. The van der Waals surface area contributed by atoms with Gasteiger partial charge < -0.3 is 0 Å². The van der Waals surface area contributed by atoms with E-state index in [0.29, 0.717) is 22.0 Å². The largest absolute Gasteiger partial charge is 0.273 e. The molecule has 0 saturated carbocycles.